The molecule has 0 aliphatic heterocycles. The molecular formula is C28H29N5O5S. The fraction of sp³-hybridized carbons (Fsp3) is 0.214. The average Bonchev–Trinajstić information content (AvgIpc) is 3.40. The van der Waals surface area contributed by atoms with Gasteiger partial charge in [0.25, 0.3) is 5.91 Å². The molecule has 0 aliphatic rings. The Hall–Kier alpha value is -4.51. The molecule has 1 amide bonds. The molecule has 0 aliphatic carbocycles. The maximum atomic E-state index is 12.6. The fourth-order valence-electron chi connectivity index (χ4n) is 3.71. The largest absolute Gasteiger partial charge is 0.497 e. The minimum atomic E-state index is -0.305. The third-order valence-electron chi connectivity index (χ3n) is 5.73. The van der Waals surface area contributed by atoms with Crippen molar-refractivity contribution in [3.05, 3.63) is 71.8 Å². The van der Waals surface area contributed by atoms with E-state index in [1.165, 1.54) is 25.1 Å². The summed E-state index contributed by atoms with van der Waals surface area (Å²) < 4.78 is 23.2. The van der Waals surface area contributed by atoms with Crippen molar-refractivity contribution in [1.82, 2.24) is 20.2 Å². The van der Waals surface area contributed by atoms with E-state index in [0.29, 0.717) is 33.8 Å². The van der Waals surface area contributed by atoms with E-state index in [9.17, 15) is 4.79 Å². The topological polar surface area (TPSA) is 109 Å². The Morgan fingerprint density at radius 3 is 2.21 bits per heavy atom. The number of carbonyl (C=O) groups excluding carboxylic acids is 1. The van der Waals surface area contributed by atoms with Crippen molar-refractivity contribution in [2.24, 2.45) is 5.10 Å². The highest BCUT2D eigenvalue weighted by atomic mass is 32.2. The SMILES string of the molecule is COc1ccc(-c2nnc(SCC(=O)N/N=C\c3cc(OC)c(OC)cc3OC)n2-c2ccc(C)cc2)cc1. The molecule has 0 unspecified atom stereocenters. The highest BCUT2D eigenvalue weighted by molar-refractivity contribution is 7.99. The molecule has 1 aromatic heterocycles. The first-order valence-electron chi connectivity index (χ1n) is 11.9. The number of nitrogens with one attached hydrogen (secondary N) is 1. The van der Waals surface area contributed by atoms with E-state index in [4.69, 9.17) is 18.9 Å². The summed E-state index contributed by atoms with van der Waals surface area (Å²) in [6.45, 7) is 2.03. The van der Waals surface area contributed by atoms with Crippen molar-refractivity contribution in [3.8, 4) is 40.1 Å². The van der Waals surface area contributed by atoms with Gasteiger partial charge in [0.15, 0.2) is 22.5 Å². The summed E-state index contributed by atoms with van der Waals surface area (Å²) in [4.78, 5) is 12.6. The van der Waals surface area contributed by atoms with Gasteiger partial charge in [-0.3, -0.25) is 9.36 Å². The van der Waals surface area contributed by atoms with Crippen molar-refractivity contribution in [1.29, 1.82) is 0 Å². The van der Waals surface area contributed by atoms with Gasteiger partial charge in [0, 0.05) is 22.9 Å². The van der Waals surface area contributed by atoms with Crippen molar-refractivity contribution in [2.75, 3.05) is 34.2 Å². The minimum absolute atomic E-state index is 0.0764. The number of aryl methyl sites for hydroxylation is 1. The van der Waals surface area contributed by atoms with E-state index in [1.807, 2.05) is 60.0 Å². The van der Waals surface area contributed by atoms with Gasteiger partial charge in [-0.05, 0) is 49.4 Å². The standard InChI is InChI=1S/C28H29N5O5S/c1-18-6-10-21(11-7-18)33-27(19-8-12-22(35-2)13-9-19)31-32-28(33)39-17-26(34)30-29-16-20-14-24(37-4)25(38-5)15-23(20)36-3/h6-16H,17H2,1-5H3,(H,30,34)/b29-16-. The van der Waals surface area contributed by atoms with Gasteiger partial charge < -0.3 is 18.9 Å². The number of carbonyl (C=O) groups is 1. The molecule has 39 heavy (non-hydrogen) atoms. The Balaban J connectivity index is 1.51. The molecule has 0 bridgehead atoms. The summed E-state index contributed by atoms with van der Waals surface area (Å²) in [5, 5.41) is 13.5. The lowest BCUT2D eigenvalue weighted by atomic mass is 10.2. The lowest BCUT2D eigenvalue weighted by Crippen LogP contribution is -2.20. The van der Waals surface area contributed by atoms with Crippen LogP contribution in [0.3, 0.4) is 0 Å². The van der Waals surface area contributed by atoms with Crippen LogP contribution in [0.2, 0.25) is 0 Å². The number of rotatable bonds is 11. The zero-order valence-corrected chi connectivity index (χ0v) is 23.1. The monoisotopic (exact) mass is 547 g/mol. The fourth-order valence-corrected chi connectivity index (χ4v) is 4.45. The molecule has 4 aromatic rings. The molecule has 0 atom stereocenters. The van der Waals surface area contributed by atoms with E-state index in [0.717, 1.165) is 22.6 Å². The molecule has 0 saturated heterocycles. The van der Waals surface area contributed by atoms with Crippen molar-refractivity contribution in [3.63, 3.8) is 0 Å². The quantitative estimate of drug-likeness (QED) is 0.166. The first kappa shape index (κ1) is 27.5. The molecule has 0 radical (unpaired) electrons. The van der Waals surface area contributed by atoms with Crippen LogP contribution >= 0.6 is 11.8 Å². The second-order valence-electron chi connectivity index (χ2n) is 8.24. The second-order valence-corrected chi connectivity index (χ2v) is 9.18. The van der Waals surface area contributed by atoms with Gasteiger partial charge in [0.2, 0.25) is 0 Å². The van der Waals surface area contributed by atoms with Gasteiger partial charge in [-0.1, -0.05) is 29.5 Å². The number of thioether (sulfide) groups is 1. The second kappa shape index (κ2) is 12.8. The third-order valence-corrected chi connectivity index (χ3v) is 6.66. The molecule has 1 N–H and O–H groups in total. The van der Waals surface area contributed by atoms with Crippen LogP contribution in [0.5, 0.6) is 23.0 Å². The van der Waals surface area contributed by atoms with Gasteiger partial charge in [0.05, 0.1) is 40.4 Å². The molecule has 1 heterocycles. The summed E-state index contributed by atoms with van der Waals surface area (Å²) in [7, 11) is 6.25. The predicted octanol–water partition coefficient (Wildman–Crippen LogP) is 4.52. The van der Waals surface area contributed by atoms with Crippen LogP contribution in [-0.2, 0) is 4.79 Å². The first-order valence-corrected chi connectivity index (χ1v) is 12.9. The van der Waals surface area contributed by atoms with Crippen LogP contribution in [0.15, 0.2) is 70.9 Å². The molecule has 4 rings (SSSR count). The van der Waals surface area contributed by atoms with Crippen LogP contribution < -0.4 is 24.4 Å². The molecule has 202 valence electrons. The van der Waals surface area contributed by atoms with Crippen molar-refractivity contribution in [2.45, 2.75) is 12.1 Å². The number of aromatic nitrogens is 3. The van der Waals surface area contributed by atoms with Crippen molar-refractivity contribution >= 4 is 23.9 Å². The lowest BCUT2D eigenvalue weighted by Gasteiger charge is -2.12. The number of methoxy groups -OCH3 is 4. The third kappa shape index (κ3) is 6.50. The molecule has 3 aromatic carbocycles. The lowest BCUT2D eigenvalue weighted by molar-refractivity contribution is -0.118. The maximum absolute atomic E-state index is 12.6. The van der Waals surface area contributed by atoms with Gasteiger partial charge >= 0.3 is 0 Å². The Bertz CT molecular complexity index is 1450. The average molecular weight is 548 g/mol. The summed E-state index contributed by atoms with van der Waals surface area (Å²) in [6, 6.07) is 19.0. The Morgan fingerprint density at radius 2 is 1.56 bits per heavy atom. The van der Waals surface area contributed by atoms with Gasteiger partial charge in [0.1, 0.15) is 11.5 Å². The zero-order chi connectivity index (χ0) is 27.8. The number of hydrazone groups is 1. The Kier molecular flexibility index (Phi) is 9.06. The first-order chi connectivity index (χ1) is 19.0. The summed E-state index contributed by atoms with van der Waals surface area (Å²) in [5.74, 6) is 2.74. The van der Waals surface area contributed by atoms with Crippen LogP contribution in [-0.4, -0.2) is 61.1 Å². The number of hydrogen-bond donors (Lipinski definition) is 1. The number of hydrogen-bond acceptors (Lipinski definition) is 9. The number of ether oxygens (including phenoxy) is 4. The smallest absolute Gasteiger partial charge is 0.250 e. The molecule has 0 spiro atoms. The zero-order valence-electron chi connectivity index (χ0n) is 22.3. The van der Waals surface area contributed by atoms with E-state index in [-0.39, 0.29) is 11.7 Å². The van der Waals surface area contributed by atoms with E-state index in [1.54, 1.807) is 33.5 Å². The molecule has 11 heteroatoms. The normalized spacial score (nSPS) is 10.9. The molecule has 0 fully saturated rings. The predicted molar refractivity (Wildman–Crippen MR) is 151 cm³/mol. The number of nitrogens with zero attached hydrogens (tertiary/aromatic N) is 4. The summed E-state index contributed by atoms with van der Waals surface area (Å²) in [6.07, 6.45) is 1.49. The van der Waals surface area contributed by atoms with Crippen LogP contribution in [0.4, 0.5) is 0 Å². The van der Waals surface area contributed by atoms with E-state index < -0.39 is 0 Å². The highest BCUT2D eigenvalue weighted by Crippen LogP contribution is 2.34. The van der Waals surface area contributed by atoms with Gasteiger partial charge in [-0.15, -0.1) is 10.2 Å². The molecule has 10 nitrogen and oxygen atoms in total. The van der Waals surface area contributed by atoms with Crippen LogP contribution in [0.25, 0.3) is 17.1 Å². The van der Waals surface area contributed by atoms with Gasteiger partial charge in [-0.25, -0.2) is 5.43 Å². The minimum Gasteiger partial charge on any atom is -0.497 e. The van der Waals surface area contributed by atoms with E-state index in [2.05, 4.69) is 20.7 Å². The highest BCUT2D eigenvalue weighted by Gasteiger charge is 2.18. The molecular weight excluding hydrogens is 518 g/mol. The van der Waals surface area contributed by atoms with Gasteiger partial charge in [-0.2, -0.15) is 5.10 Å². The summed E-state index contributed by atoms with van der Waals surface area (Å²) >= 11 is 1.26. The van der Waals surface area contributed by atoms with Crippen molar-refractivity contribution < 1.29 is 23.7 Å². The maximum Gasteiger partial charge on any atom is 0.250 e. The number of amides is 1. The Morgan fingerprint density at radius 1 is 0.897 bits per heavy atom. The summed E-state index contributed by atoms with van der Waals surface area (Å²) in [5.41, 5.74) is 6.06. The number of benzene rings is 3. The van der Waals surface area contributed by atoms with Crippen LogP contribution in [0.1, 0.15) is 11.1 Å². The van der Waals surface area contributed by atoms with Crippen LogP contribution in [0, 0.1) is 6.92 Å². The van der Waals surface area contributed by atoms with E-state index >= 15 is 0 Å². The Labute approximate surface area is 231 Å². The molecule has 0 saturated carbocycles.